The molecule has 27 heavy (non-hydrogen) atoms. The van der Waals surface area contributed by atoms with E-state index < -0.39 is 12.1 Å². The van der Waals surface area contributed by atoms with Crippen molar-refractivity contribution in [1.82, 2.24) is 14.7 Å². The summed E-state index contributed by atoms with van der Waals surface area (Å²) in [5, 5.41) is 0. The van der Waals surface area contributed by atoms with Crippen LogP contribution in [-0.4, -0.2) is 71.9 Å². The van der Waals surface area contributed by atoms with Gasteiger partial charge >= 0.3 is 6.09 Å². The number of amides is 3. The number of hydrogen-bond acceptors (Lipinski definition) is 4. The average Bonchev–Trinajstić information content (AvgIpc) is 2.70. The lowest BCUT2D eigenvalue weighted by Crippen LogP contribution is -2.58. The van der Waals surface area contributed by atoms with Gasteiger partial charge in [0.1, 0.15) is 6.04 Å². The van der Waals surface area contributed by atoms with Crippen LogP contribution in [0, 0.1) is 6.92 Å². The Morgan fingerprint density at radius 3 is 2.52 bits per heavy atom. The standard InChI is InChI=1S/C20H27N3O4/c1-15-6-8-16(9-7-15)13-21-11-12-22(14-18(21)24)19(25)17-5-3-4-10-23(17)20(26)27-2/h6-9,17H,3-5,10-14H2,1-2H3. The van der Waals surface area contributed by atoms with Gasteiger partial charge in [-0.2, -0.15) is 0 Å². The van der Waals surface area contributed by atoms with E-state index in [1.165, 1.54) is 17.6 Å². The molecule has 0 radical (unpaired) electrons. The van der Waals surface area contributed by atoms with Crippen LogP contribution in [0.15, 0.2) is 24.3 Å². The third kappa shape index (κ3) is 4.40. The van der Waals surface area contributed by atoms with Gasteiger partial charge in [-0.3, -0.25) is 14.5 Å². The number of aryl methyl sites for hydroxylation is 1. The van der Waals surface area contributed by atoms with E-state index in [1.54, 1.807) is 9.80 Å². The number of benzene rings is 1. The smallest absolute Gasteiger partial charge is 0.410 e. The molecule has 0 aromatic heterocycles. The van der Waals surface area contributed by atoms with Crippen LogP contribution in [0.1, 0.15) is 30.4 Å². The largest absolute Gasteiger partial charge is 0.453 e. The maximum absolute atomic E-state index is 12.9. The van der Waals surface area contributed by atoms with Crippen LogP contribution in [0.25, 0.3) is 0 Å². The number of carbonyl (C=O) groups excluding carboxylic acids is 3. The summed E-state index contributed by atoms with van der Waals surface area (Å²) in [5.74, 6) is -0.209. The number of carbonyl (C=O) groups is 3. The number of likely N-dealkylation sites (tertiary alicyclic amines) is 1. The first kappa shape index (κ1) is 19.2. The van der Waals surface area contributed by atoms with Crippen molar-refractivity contribution in [2.45, 2.75) is 38.8 Å². The van der Waals surface area contributed by atoms with Crippen LogP contribution in [0.2, 0.25) is 0 Å². The van der Waals surface area contributed by atoms with E-state index in [0.717, 1.165) is 18.4 Å². The number of piperazine rings is 1. The van der Waals surface area contributed by atoms with Crippen molar-refractivity contribution in [3.05, 3.63) is 35.4 Å². The molecule has 1 aromatic carbocycles. The molecule has 0 N–H and O–H groups in total. The van der Waals surface area contributed by atoms with E-state index >= 15 is 0 Å². The second kappa shape index (κ2) is 8.41. The van der Waals surface area contributed by atoms with Crippen molar-refractivity contribution >= 4 is 17.9 Å². The molecule has 0 saturated carbocycles. The Morgan fingerprint density at radius 1 is 1.11 bits per heavy atom. The Morgan fingerprint density at radius 2 is 1.85 bits per heavy atom. The fourth-order valence-corrected chi connectivity index (χ4v) is 3.71. The minimum Gasteiger partial charge on any atom is -0.453 e. The molecule has 2 saturated heterocycles. The number of rotatable bonds is 3. The van der Waals surface area contributed by atoms with Crippen molar-refractivity contribution in [3.8, 4) is 0 Å². The Labute approximate surface area is 159 Å². The second-order valence-corrected chi connectivity index (χ2v) is 7.24. The molecule has 7 nitrogen and oxygen atoms in total. The summed E-state index contributed by atoms with van der Waals surface area (Å²) in [5.41, 5.74) is 2.26. The zero-order valence-electron chi connectivity index (χ0n) is 16.0. The molecule has 3 rings (SSSR count). The van der Waals surface area contributed by atoms with Crippen molar-refractivity contribution in [2.75, 3.05) is 33.3 Å². The van der Waals surface area contributed by atoms with Gasteiger partial charge in [-0.1, -0.05) is 29.8 Å². The lowest BCUT2D eigenvalue weighted by Gasteiger charge is -2.39. The van der Waals surface area contributed by atoms with E-state index in [9.17, 15) is 14.4 Å². The van der Waals surface area contributed by atoms with E-state index in [0.29, 0.717) is 32.6 Å². The normalized spacial score (nSPS) is 20.6. The quantitative estimate of drug-likeness (QED) is 0.810. The van der Waals surface area contributed by atoms with Crippen LogP contribution in [-0.2, 0) is 20.9 Å². The first-order chi connectivity index (χ1) is 13.0. The van der Waals surface area contributed by atoms with Gasteiger partial charge in [-0.25, -0.2) is 4.79 Å². The number of methoxy groups -OCH3 is 1. The molecule has 146 valence electrons. The van der Waals surface area contributed by atoms with Gasteiger partial charge in [0.05, 0.1) is 13.7 Å². The Kier molecular flexibility index (Phi) is 5.98. The van der Waals surface area contributed by atoms with Gasteiger partial charge in [-0.15, -0.1) is 0 Å². The Bertz CT molecular complexity index is 704. The number of ether oxygens (including phenoxy) is 1. The highest BCUT2D eigenvalue weighted by molar-refractivity contribution is 5.90. The van der Waals surface area contributed by atoms with Gasteiger partial charge < -0.3 is 14.5 Å². The molecule has 3 amide bonds. The van der Waals surface area contributed by atoms with Crippen molar-refractivity contribution < 1.29 is 19.1 Å². The first-order valence-corrected chi connectivity index (χ1v) is 9.46. The molecule has 2 fully saturated rings. The van der Waals surface area contributed by atoms with Gasteiger partial charge in [0.25, 0.3) is 0 Å². The maximum atomic E-state index is 12.9. The fraction of sp³-hybridized carbons (Fsp3) is 0.550. The number of hydrogen-bond donors (Lipinski definition) is 0. The number of piperidine rings is 1. The molecule has 0 aliphatic carbocycles. The highest BCUT2D eigenvalue weighted by atomic mass is 16.5. The summed E-state index contributed by atoms with van der Waals surface area (Å²) >= 11 is 0. The van der Waals surface area contributed by atoms with E-state index in [4.69, 9.17) is 4.74 Å². The average molecular weight is 373 g/mol. The molecule has 1 atom stereocenters. The third-order valence-corrected chi connectivity index (χ3v) is 5.32. The lowest BCUT2D eigenvalue weighted by molar-refractivity contribution is -0.149. The third-order valence-electron chi connectivity index (χ3n) is 5.32. The summed E-state index contributed by atoms with van der Waals surface area (Å²) in [6, 6.07) is 7.59. The summed E-state index contributed by atoms with van der Waals surface area (Å²) in [7, 11) is 1.33. The van der Waals surface area contributed by atoms with Crippen LogP contribution < -0.4 is 0 Å². The molecular formula is C20H27N3O4. The van der Waals surface area contributed by atoms with Crippen LogP contribution >= 0.6 is 0 Å². The molecular weight excluding hydrogens is 346 g/mol. The van der Waals surface area contributed by atoms with Crippen molar-refractivity contribution in [1.29, 1.82) is 0 Å². The Balaban J connectivity index is 1.61. The van der Waals surface area contributed by atoms with Crippen molar-refractivity contribution in [2.24, 2.45) is 0 Å². The zero-order valence-corrected chi connectivity index (χ0v) is 16.0. The SMILES string of the molecule is COC(=O)N1CCCCC1C(=O)N1CCN(Cc2ccc(C)cc2)C(=O)C1. The molecule has 2 aliphatic rings. The fourth-order valence-electron chi connectivity index (χ4n) is 3.71. The van der Waals surface area contributed by atoms with Crippen LogP contribution in [0.3, 0.4) is 0 Å². The highest BCUT2D eigenvalue weighted by Gasteiger charge is 2.37. The van der Waals surface area contributed by atoms with Gasteiger partial charge in [0, 0.05) is 26.2 Å². The van der Waals surface area contributed by atoms with E-state index in [2.05, 4.69) is 0 Å². The van der Waals surface area contributed by atoms with Crippen molar-refractivity contribution in [3.63, 3.8) is 0 Å². The predicted octanol–water partition coefficient (Wildman–Crippen LogP) is 1.79. The lowest BCUT2D eigenvalue weighted by atomic mass is 10.0. The van der Waals surface area contributed by atoms with Crippen LogP contribution in [0.4, 0.5) is 4.79 Å². The predicted molar refractivity (Wildman–Crippen MR) is 99.9 cm³/mol. The minimum atomic E-state index is -0.525. The molecule has 7 heteroatoms. The van der Waals surface area contributed by atoms with E-state index in [1.807, 2.05) is 31.2 Å². The second-order valence-electron chi connectivity index (χ2n) is 7.24. The molecule has 2 heterocycles. The highest BCUT2D eigenvalue weighted by Crippen LogP contribution is 2.21. The van der Waals surface area contributed by atoms with Gasteiger partial charge in [0.15, 0.2) is 0 Å². The molecule has 2 aliphatic heterocycles. The van der Waals surface area contributed by atoms with Crippen LogP contribution in [0.5, 0.6) is 0 Å². The summed E-state index contributed by atoms with van der Waals surface area (Å²) in [6.45, 7) is 4.16. The van der Waals surface area contributed by atoms with Gasteiger partial charge in [-0.05, 0) is 31.7 Å². The molecule has 0 bridgehead atoms. The Hall–Kier alpha value is -2.57. The number of nitrogens with zero attached hydrogens (tertiary/aromatic N) is 3. The topological polar surface area (TPSA) is 70.2 Å². The molecule has 1 aromatic rings. The summed E-state index contributed by atoms with van der Waals surface area (Å²) < 4.78 is 4.81. The molecule has 1 unspecified atom stereocenters. The van der Waals surface area contributed by atoms with Gasteiger partial charge in [0.2, 0.25) is 11.8 Å². The summed E-state index contributed by atoms with van der Waals surface area (Å²) in [4.78, 5) is 42.3. The van der Waals surface area contributed by atoms with E-state index in [-0.39, 0.29) is 18.4 Å². The summed E-state index contributed by atoms with van der Waals surface area (Å²) in [6.07, 6.45) is 1.90. The monoisotopic (exact) mass is 373 g/mol. The maximum Gasteiger partial charge on any atom is 0.410 e. The first-order valence-electron chi connectivity index (χ1n) is 9.46. The zero-order chi connectivity index (χ0) is 19.4. The minimum absolute atomic E-state index is 0.0596. The molecule has 0 spiro atoms.